The van der Waals surface area contributed by atoms with Crippen LogP contribution in [0.3, 0.4) is 0 Å². The molecule has 5 nitrogen and oxygen atoms in total. The largest absolute Gasteiger partial charge is 0.357 e. The molecular weight excluding hydrogens is 409 g/mol. The monoisotopic (exact) mass is 435 g/mol. The first-order valence-corrected chi connectivity index (χ1v) is 9.93. The summed E-state index contributed by atoms with van der Waals surface area (Å²) in [6, 6.07) is 0. The highest BCUT2D eigenvalue weighted by Crippen LogP contribution is 2.25. The van der Waals surface area contributed by atoms with Crippen molar-refractivity contribution in [1.29, 1.82) is 0 Å². The standard InChI is InChI=1S/C12H25N3O2S2.HI/c1-3-13-12(14-7-5-9-19(2,16)17)15-10-11-6-4-8-18-11;/h11H,3-10H2,1-2H3,(H2,13,14,15);1H. The zero-order chi connectivity index (χ0) is 14.1. The Balaban J connectivity index is 0.00000361. The molecule has 0 spiro atoms. The van der Waals surface area contributed by atoms with Crippen molar-refractivity contribution in [2.24, 2.45) is 4.99 Å². The molecule has 1 rings (SSSR count). The van der Waals surface area contributed by atoms with E-state index in [0.29, 0.717) is 18.2 Å². The van der Waals surface area contributed by atoms with Gasteiger partial charge < -0.3 is 10.6 Å². The maximum atomic E-state index is 11.0. The fourth-order valence-corrected chi connectivity index (χ4v) is 3.71. The number of nitrogens with zero attached hydrogens (tertiary/aromatic N) is 1. The minimum atomic E-state index is -2.86. The molecule has 2 N–H and O–H groups in total. The Bertz CT molecular complexity index is 382. The molecule has 0 aliphatic carbocycles. The molecular formula is C12H26IN3O2S2. The van der Waals surface area contributed by atoms with Crippen LogP contribution in [0.1, 0.15) is 26.2 Å². The summed E-state index contributed by atoms with van der Waals surface area (Å²) in [6.45, 7) is 4.32. The summed E-state index contributed by atoms with van der Waals surface area (Å²) < 4.78 is 22.0. The fourth-order valence-electron chi connectivity index (χ4n) is 1.86. The third kappa shape index (κ3) is 10.1. The van der Waals surface area contributed by atoms with Crippen LogP contribution in [0.4, 0.5) is 0 Å². The molecule has 1 fully saturated rings. The van der Waals surface area contributed by atoms with E-state index >= 15 is 0 Å². The lowest BCUT2D eigenvalue weighted by molar-refractivity contribution is 0.598. The lowest BCUT2D eigenvalue weighted by atomic mass is 10.2. The van der Waals surface area contributed by atoms with Gasteiger partial charge in [0.05, 0.1) is 12.3 Å². The summed E-state index contributed by atoms with van der Waals surface area (Å²) in [5.74, 6) is 2.26. The first-order valence-electron chi connectivity index (χ1n) is 6.83. The summed E-state index contributed by atoms with van der Waals surface area (Å²) in [6.07, 6.45) is 4.43. The van der Waals surface area contributed by atoms with Gasteiger partial charge in [-0.1, -0.05) is 0 Å². The molecule has 1 unspecified atom stereocenters. The van der Waals surface area contributed by atoms with E-state index in [4.69, 9.17) is 0 Å². The third-order valence-corrected chi connectivity index (χ3v) is 5.22. The Kier molecular flexibility index (Phi) is 11.1. The summed E-state index contributed by atoms with van der Waals surface area (Å²) in [5.41, 5.74) is 0. The molecule has 1 saturated heterocycles. The Labute approximate surface area is 144 Å². The fraction of sp³-hybridized carbons (Fsp3) is 0.917. The Morgan fingerprint density at radius 2 is 2.15 bits per heavy atom. The second-order valence-electron chi connectivity index (χ2n) is 4.76. The van der Waals surface area contributed by atoms with Crippen molar-refractivity contribution in [3.05, 3.63) is 0 Å². The van der Waals surface area contributed by atoms with Crippen molar-refractivity contribution in [3.63, 3.8) is 0 Å². The molecule has 0 aromatic rings. The number of rotatable bonds is 7. The van der Waals surface area contributed by atoms with E-state index in [1.165, 1.54) is 24.9 Å². The molecule has 0 radical (unpaired) electrons. The molecule has 0 aromatic carbocycles. The van der Waals surface area contributed by atoms with Gasteiger partial charge in [-0.3, -0.25) is 4.99 Å². The van der Waals surface area contributed by atoms with Gasteiger partial charge in [0.1, 0.15) is 9.84 Å². The quantitative estimate of drug-likeness (QED) is 0.275. The lowest BCUT2D eigenvalue weighted by Gasteiger charge is -2.12. The molecule has 0 aromatic heterocycles. The number of sulfone groups is 1. The van der Waals surface area contributed by atoms with Gasteiger partial charge in [0.2, 0.25) is 0 Å². The van der Waals surface area contributed by atoms with Crippen LogP contribution in [0, 0.1) is 0 Å². The molecule has 1 aliphatic heterocycles. The van der Waals surface area contributed by atoms with E-state index in [9.17, 15) is 8.42 Å². The number of halogens is 1. The van der Waals surface area contributed by atoms with Crippen LogP contribution < -0.4 is 10.6 Å². The predicted octanol–water partition coefficient (Wildman–Crippen LogP) is 1.49. The van der Waals surface area contributed by atoms with Gasteiger partial charge in [-0.25, -0.2) is 8.42 Å². The number of thioether (sulfide) groups is 1. The van der Waals surface area contributed by atoms with Gasteiger partial charge in [0, 0.05) is 24.6 Å². The Morgan fingerprint density at radius 1 is 1.40 bits per heavy atom. The van der Waals surface area contributed by atoms with E-state index < -0.39 is 9.84 Å². The predicted molar refractivity (Wildman–Crippen MR) is 99.2 cm³/mol. The van der Waals surface area contributed by atoms with E-state index in [1.54, 1.807) is 0 Å². The molecule has 0 saturated carbocycles. The third-order valence-electron chi connectivity index (χ3n) is 2.81. The van der Waals surface area contributed by atoms with E-state index in [-0.39, 0.29) is 29.7 Å². The smallest absolute Gasteiger partial charge is 0.191 e. The van der Waals surface area contributed by atoms with Crippen LogP contribution >= 0.6 is 35.7 Å². The van der Waals surface area contributed by atoms with E-state index in [2.05, 4.69) is 15.6 Å². The number of hydrogen-bond acceptors (Lipinski definition) is 4. The van der Waals surface area contributed by atoms with Crippen molar-refractivity contribution < 1.29 is 8.42 Å². The Morgan fingerprint density at radius 3 is 2.70 bits per heavy atom. The van der Waals surface area contributed by atoms with Crippen molar-refractivity contribution >= 4 is 51.5 Å². The zero-order valence-corrected chi connectivity index (χ0v) is 16.2. The topological polar surface area (TPSA) is 70.6 Å². The van der Waals surface area contributed by atoms with Crippen LogP contribution in [0.2, 0.25) is 0 Å². The second-order valence-corrected chi connectivity index (χ2v) is 8.43. The molecule has 20 heavy (non-hydrogen) atoms. The van der Waals surface area contributed by atoms with Crippen molar-refractivity contribution in [3.8, 4) is 0 Å². The SMILES string of the molecule is CCNC(=NCC1CCCS1)NCCCS(C)(=O)=O.I. The first-order chi connectivity index (χ1) is 9.01. The normalized spacial score (nSPS) is 19.5. The van der Waals surface area contributed by atoms with Crippen molar-refractivity contribution in [2.75, 3.05) is 37.4 Å². The summed E-state index contributed by atoms with van der Waals surface area (Å²) in [7, 11) is -2.86. The average molecular weight is 435 g/mol. The molecule has 8 heteroatoms. The Hall–Kier alpha value is 0.300. The number of aliphatic imine (C=N–C) groups is 1. The van der Waals surface area contributed by atoms with E-state index in [0.717, 1.165) is 19.0 Å². The van der Waals surface area contributed by atoms with Crippen LogP contribution in [-0.2, 0) is 9.84 Å². The summed E-state index contributed by atoms with van der Waals surface area (Å²) in [5, 5.41) is 7.01. The molecule has 120 valence electrons. The van der Waals surface area contributed by atoms with E-state index in [1.807, 2.05) is 18.7 Å². The highest BCUT2D eigenvalue weighted by atomic mass is 127. The summed E-state index contributed by atoms with van der Waals surface area (Å²) in [4.78, 5) is 4.55. The van der Waals surface area contributed by atoms with Crippen molar-refractivity contribution in [2.45, 2.75) is 31.4 Å². The molecule has 1 aliphatic rings. The average Bonchev–Trinajstić information content (AvgIpc) is 2.83. The van der Waals surface area contributed by atoms with Gasteiger partial charge in [-0.2, -0.15) is 11.8 Å². The maximum absolute atomic E-state index is 11.0. The van der Waals surface area contributed by atoms with Gasteiger partial charge in [0.25, 0.3) is 0 Å². The molecule has 0 bridgehead atoms. The lowest BCUT2D eigenvalue weighted by Crippen LogP contribution is -2.38. The van der Waals surface area contributed by atoms with Crippen molar-refractivity contribution in [1.82, 2.24) is 10.6 Å². The minimum Gasteiger partial charge on any atom is -0.357 e. The zero-order valence-electron chi connectivity index (χ0n) is 12.2. The van der Waals surface area contributed by atoms with Crippen LogP contribution in [0.15, 0.2) is 4.99 Å². The highest BCUT2D eigenvalue weighted by Gasteiger charge is 2.14. The molecule has 1 atom stereocenters. The molecule has 1 heterocycles. The molecule has 0 amide bonds. The van der Waals surface area contributed by atoms with Gasteiger partial charge in [-0.05, 0) is 31.9 Å². The van der Waals surface area contributed by atoms with Gasteiger partial charge >= 0.3 is 0 Å². The van der Waals surface area contributed by atoms with Crippen LogP contribution in [-0.4, -0.2) is 57.0 Å². The van der Waals surface area contributed by atoms with Crippen LogP contribution in [0.25, 0.3) is 0 Å². The summed E-state index contributed by atoms with van der Waals surface area (Å²) >= 11 is 1.99. The van der Waals surface area contributed by atoms with Crippen LogP contribution in [0.5, 0.6) is 0 Å². The highest BCUT2D eigenvalue weighted by molar-refractivity contribution is 14.0. The minimum absolute atomic E-state index is 0. The maximum Gasteiger partial charge on any atom is 0.191 e. The number of nitrogens with one attached hydrogen (secondary N) is 2. The van der Waals surface area contributed by atoms with Gasteiger partial charge in [-0.15, -0.1) is 24.0 Å². The second kappa shape index (κ2) is 10.9. The number of guanidine groups is 1. The first kappa shape index (κ1) is 20.3. The van der Waals surface area contributed by atoms with Gasteiger partial charge in [0.15, 0.2) is 5.96 Å². The number of hydrogen-bond donors (Lipinski definition) is 2.